The molecule has 0 radical (unpaired) electrons. The average molecular weight is 393 g/mol. The monoisotopic (exact) mass is 392 g/mol. The van der Waals surface area contributed by atoms with Gasteiger partial charge in [-0.15, -0.1) is 0 Å². The molecule has 1 aromatic carbocycles. The van der Waals surface area contributed by atoms with Crippen molar-refractivity contribution in [1.82, 2.24) is 9.80 Å². The van der Waals surface area contributed by atoms with Gasteiger partial charge in [-0.2, -0.15) is 0 Å². The number of ether oxygens (including phenoxy) is 2. The number of hydrogen-bond donors (Lipinski definition) is 0. The SMILES string of the molecule is CN(C)C[C@H]1CC[C@@]2(COCCN(C(=O)C3(c4cccc(Cl)c4)CC3)C2)O1. The number of nitrogens with zero attached hydrogens (tertiary/aromatic N) is 2. The summed E-state index contributed by atoms with van der Waals surface area (Å²) in [6.07, 6.45) is 3.95. The normalized spacial score (nSPS) is 29.9. The Balaban J connectivity index is 1.51. The lowest BCUT2D eigenvalue weighted by atomic mass is 9.93. The summed E-state index contributed by atoms with van der Waals surface area (Å²) in [6.45, 7) is 3.30. The molecule has 0 aromatic heterocycles. The summed E-state index contributed by atoms with van der Waals surface area (Å²) in [5, 5.41) is 0.688. The zero-order valence-electron chi connectivity index (χ0n) is 16.2. The van der Waals surface area contributed by atoms with E-state index in [1.807, 2.05) is 29.2 Å². The van der Waals surface area contributed by atoms with Gasteiger partial charge in [0, 0.05) is 18.1 Å². The highest BCUT2D eigenvalue weighted by Gasteiger charge is 2.55. The Morgan fingerprint density at radius 1 is 1.33 bits per heavy atom. The smallest absolute Gasteiger partial charge is 0.233 e. The van der Waals surface area contributed by atoms with Crippen molar-refractivity contribution >= 4 is 17.5 Å². The molecule has 6 heteroatoms. The molecule has 2 saturated heterocycles. The van der Waals surface area contributed by atoms with Gasteiger partial charge in [0.25, 0.3) is 0 Å². The highest BCUT2D eigenvalue weighted by Crippen LogP contribution is 2.50. The minimum atomic E-state index is -0.405. The fourth-order valence-electron chi connectivity index (χ4n) is 4.57. The molecule has 27 heavy (non-hydrogen) atoms. The number of carbonyl (C=O) groups excluding carboxylic acids is 1. The fraction of sp³-hybridized carbons (Fsp3) is 0.667. The third-order valence-corrected chi connectivity index (χ3v) is 6.32. The van der Waals surface area contributed by atoms with Gasteiger partial charge >= 0.3 is 0 Å². The number of carbonyl (C=O) groups is 1. The molecule has 5 nitrogen and oxygen atoms in total. The van der Waals surface area contributed by atoms with E-state index in [4.69, 9.17) is 21.1 Å². The van der Waals surface area contributed by atoms with E-state index in [1.54, 1.807) is 0 Å². The number of hydrogen-bond acceptors (Lipinski definition) is 4. The summed E-state index contributed by atoms with van der Waals surface area (Å²) in [5.74, 6) is 0.203. The van der Waals surface area contributed by atoms with Crippen LogP contribution >= 0.6 is 11.6 Å². The average Bonchev–Trinajstić information content (AvgIpc) is 3.37. The molecule has 1 aromatic rings. The van der Waals surface area contributed by atoms with Gasteiger partial charge in [0.05, 0.1) is 31.3 Å². The van der Waals surface area contributed by atoms with Crippen LogP contribution in [-0.2, 0) is 19.7 Å². The van der Waals surface area contributed by atoms with Crippen LogP contribution in [0.4, 0.5) is 0 Å². The van der Waals surface area contributed by atoms with Crippen molar-refractivity contribution in [2.24, 2.45) is 0 Å². The standard InChI is InChI=1S/C21H29ClN2O3/c1-23(2)13-18-6-7-20(27-18)14-24(10-11-26-15-20)19(25)21(8-9-21)16-4-3-5-17(22)12-16/h3-5,12,18H,6-11,13-15H2,1-2H3/t18-,20-/m1/s1. The van der Waals surface area contributed by atoms with E-state index in [9.17, 15) is 4.79 Å². The number of halogens is 1. The molecule has 1 aliphatic carbocycles. The maximum absolute atomic E-state index is 13.5. The van der Waals surface area contributed by atoms with Gasteiger partial charge in [-0.25, -0.2) is 0 Å². The van der Waals surface area contributed by atoms with E-state index in [0.29, 0.717) is 31.3 Å². The number of likely N-dealkylation sites (N-methyl/N-ethyl adjacent to an activating group) is 1. The zero-order valence-corrected chi connectivity index (χ0v) is 17.0. The van der Waals surface area contributed by atoms with Crippen LogP contribution < -0.4 is 0 Å². The van der Waals surface area contributed by atoms with E-state index in [0.717, 1.165) is 37.8 Å². The van der Waals surface area contributed by atoms with Crippen molar-refractivity contribution < 1.29 is 14.3 Å². The Morgan fingerprint density at radius 3 is 2.85 bits per heavy atom. The van der Waals surface area contributed by atoms with Gasteiger partial charge in [-0.05, 0) is 57.5 Å². The first-order chi connectivity index (χ1) is 12.9. The summed E-state index contributed by atoms with van der Waals surface area (Å²) in [6, 6.07) is 7.76. The number of benzene rings is 1. The molecule has 2 heterocycles. The topological polar surface area (TPSA) is 42.0 Å². The zero-order chi connectivity index (χ0) is 19.1. The van der Waals surface area contributed by atoms with Crippen molar-refractivity contribution in [2.75, 3.05) is 46.9 Å². The van der Waals surface area contributed by atoms with Gasteiger partial charge in [-0.1, -0.05) is 23.7 Å². The van der Waals surface area contributed by atoms with Crippen molar-refractivity contribution in [3.8, 4) is 0 Å². The van der Waals surface area contributed by atoms with E-state index in [-0.39, 0.29) is 17.6 Å². The third kappa shape index (κ3) is 3.88. The summed E-state index contributed by atoms with van der Waals surface area (Å²) in [7, 11) is 4.13. The van der Waals surface area contributed by atoms with Gasteiger partial charge in [0.15, 0.2) is 0 Å². The summed E-state index contributed by atoms with van der Waals surface area (Å²) < 4.78 is 12.3. The van der Waals surface area contributed by atoms with Crippen LogP contribution in [0.2, 0.25) is 5.02 Å². The molecule has 1 saturated carbocycles. The largest absolute Gasteiger partial charge is 0.377 e. The number of rotatable bonds is 4. The lowest BCUT2D eigenvalue weighted by Crippen LogP contribution is -2.49. The predicted molar refractivity (Wildman–Crippen MR) is 105 cm³/mol. The highest BCUT2D eigenvalue weighted by molar-refractivity contribution is 6.30. The maximum atomic E-state index is 13.5. The predicted octanol–water partition coefficient (Wildman–Crippen LogP) is 2.71. The van der Waals surface area contributed by atoms with E-state index >= 15 is 0 Å². The van der Waals surface area contributed by atoms with E-state index < -0.39 is 5.41 Å². The minimum absolute atomic E-state index is 0.203. The molecule has 3 fully saturated rings. The van der Waals surface area contributed by atoms with Gasteiger partial charge < -0.3 is 19.3 Å². The van der Waals surface area contributed by atoms with E-state index in [2.05, 4.69) is 19.0 Å². The van der Waals surface area contributed by atoms with Crippen molar-refractivity contribution in [2.45, 2.75) is 42.8 Å². The first-order valence-electron chi connectivity index (χ1n) is 9.88. The molecule has 3 aliphatic rings. The van der Waals surface area contributed by atoms with Crippen molar-refractivity contribution in [3.05, 3.63) is 34.9 Å². The van der Waals surface area contributed by atoms with Gasteiger partial charge in [0.1, 0.15) is 5.60 Å². The molecule has 4 rings (SSSR count). The lowest BCUT2D eigenvalue weighted by Gasteiger charge is -2.34. The van der Waals surface area contributed by atoms with Crippen LogP contribution in [0, 0.1) is 0 Å². The first kappa shape index (κ1) is 19.2. The molecule has 0 unspecified atom stereocenters. The molecular weight excluding hydrogens is 364 g/mol. The second-order valence-corrected chi connectivity index (χ2v) is 9.03. The quantitative estimate of drug-likeness (QED) is 0.790. The van der Waals surface area contributed by atoms with Gasteiger partial charge in [-0.3, -0.25) is 4.79 Å². The summed E-state index contributed by atoms with van der Waals surface area (Å²) in [5.41, 5.74) is 0.270. The van der Waals surface area contributed by atoms with Crippen LogP contribution in [-0.4, -0.2) is 74.4 Å². The lowest BCUT2D eigenvalue weighted by molar-refractivity contribution is -0.139. The Labute approximate surface area is 166 Å². The van der Waals surface area contributed by atoms with Crippen LogP contribution in [0.15, 0.2) is 24.3 Å². The van der Waals surface area contributed by atoms with E-state index in [1.165, 1.54) is 0 Å². The van der Waals surface area contributed by atoms with Crippen LogP contribution in [0.1, 0.15) is 31.2 Å². The van der Waals surface area contributed by atoms with Crippen molar-refractivity contribution in [1.29, 1.82) is 0 Å². The third-order valence-electron chi connectivity index (χ3n) is 6.08. The Morgan fingerprint density at radius 2 is 2.15 bits per heavy atom. The van der Waals surface area contributed by atoms with Crippen LogP contribution in [0.25, 0.3) is 0 Å². The fourth-order valence-corrected chi connectivity index (χ4v) is 4.76. The Hall–Kier alpha value is -1.14. The molecule has 0 N–H and O–H groups in total. The van der Waals surface area contributed by atoms with Crippen LogP contribution in [0.3, 0.4) is 0 Å². The molecule has 148 valence electrons. The molecule has 2 aliphatic heterocycles. The molecular formula is C21H29ClN2O3. The van der Waals surface area contributed by atoms with Crippen LogP contribution in [0.5, 0.6) is 0 Å². The van der Waals surface area contributed by atoms with Crippen molar-refractivity contribution in [3.63, 3.8) is 0 Å². The maximum Gasteiger partial charge on any atom is 0.233 e. The van der Waals surface area contributed by atoms with Gasteiger partial charge in [0.2, 0.25) is 5.91 Å². The molecule has 1 amide bonds. The second kappa shape index (κ2) is 7.36. The molecule has 1 spiro atoms. The first-order valence-corrected chi connectivity index (χ1v) is 10.3. The highest BCUT2D eigenvalue weighted by atomic mass is 35.5. The summed E-state index contributed by atoms with van der Waals surface area (Å²) in [4.78, 5) is 17.7. The Kier molecular flexibility index (Phi) is 5.23. The Bertz CT molecular complexity index is 706. The second-order valence-electron chi connectivity index (χ2n) is 8.60. The summed E-state index contributed by atoms with van der Waals surface area (Å²) >= 11 is 6.18. The minimum Gasteiger partial charge on any atom is -0.377 e. The molecule has 0 bridgehead atoms. The number of amides is 1. The molecule has 2 atom stereocenters.